The molecule has 0 radical (unpaired) electrons. The zero-order valence-electron chi connectivity index (χ0n) is 9.87. The minimum Gasteiger partial charge on any atom is -0.324 e. The average Bonchev–Trinajstić information content (AvgIpc) is 2.16. The van der Waals surface area contributed by atoms with Crippen molar-refractivity contribution in [3.63, 3.8) is 0 Å². The zero-order chi connectivity index (χ0) is 11.6. The van der Waals surface area contributed by atoms with Crippen molar-refractivity contribution in [2.24, 2.45) is 0 Å². The van der Waals surface area contributed by atoms with E-state index in [2.05, 4.69) is 12.2 Å². The number of hydrogen-bond acceptors (Lipinski definition) is 3. The summed E-state index contributed by atoms with van der Waals surface area (Å²) in [5.41, 5.74) is 0. The first-order valence-electron chi connectivity index (χ1n) is 5.79. The molecule has 0 aliphatic heterocycles. The van der Waals surface area contributed by atoms with E-state index in [1.165, 1.54) is 0 Å². The molecule has 92 valence electrons. The SMILES string of the molecule is CCCNCCCCCP(=O)(O)OCC. The third kappa shape index (κ3) is 10.4. The Bertz CT molecular complexity index is 188. The first-order valence-corrected chi connectivity index (χ1v) is 7.55. The summed E-state index contributed by atoms with van der Waals surface area (Å²) in [6.45, 7) is 6.23. The Morgan fingerprint density at radius 2 is 1.93 bits per heavy atom. The van der Waals surface area contributed by atoms with Gasteiger partial charge in [-0.2, -0.15) is 0 Å². The minimum atomic E-state index is -3.27. The molecular formula is C10H24NO3P. The molecule has 15 heavy (non-hydrogen) atoms. The smallest absolute Gasteiger partial charge is 0.324 e. The molecule has 0 saturated carbocycles. The van der Waals surface area contributed by atoms with Crippen LogP contribution in [0.15, 0.2) is 0 Å². The van der Waals surface area contributed by atoms with Gasteiger partial charge in [0, 0.05) is 6.16 Å². The molecule has 0 rings (SSSR count). The summed E-state index contributed by atoms with van der Waals surface area (Å²) >= 11 is 0. The van der Waals surface area contributed by atoms with E-state index in [4.69, 9.17) is 4.52 Å². The van der Waals surface area contributed by atoms with Crippen molar-refractivity contribution in [1.29, 1.82) is 0 Å². The predicted octanol–water partition coefficient (Wildman–Crippen LogP) is 2.38. The summed E-state index contributed by atoms with van der Waals surface area (Å²) in [6, 6.07) is 0. The van der Waals surface area contributed by atoms with Crippen LogP contribution >= 0.6 is 7.60 Å². The molecule has 0 aliphatic rings. The molecule has 0 spiro atoms. The zero-order valence-corrected chi connectivity index (χ0v) is 10.8. The van der Waals surface area contributed by atoms with Crippen molar-refractivity contribution in [2.75, 3.05) is 25.9 Å². The molecule has 0 aromatic rings. The highest BCUT2D eigenvalue weighted by Gasteiger charge is 2.16. The van der Waals surface area contributed by atoms with Crippen LogP contribution in [0.5, 0.6) is 0 Å². The lowest BCUT2D eigenvalue weighted by molar-refractivity contribution is 0.273. The summed E-state index contributed by atoms with van der Waals surface area (Å²) in [5.74, 6) is 0. The summed E-state index contributed by atoms with van der Waals surface area (Å²) in [5, 5.41) is 3.30. The fraction of sp³-hybridized carbons (Fsp3) is 1.00. The molecule has 0 fully saturated rings. The lowest BCUT2D eigenvalue weighted by atomic mass is 10.2. The average molecular weight is 237 g/mol. The fourth-order valence-electron chi connectivity index (χ4n) is 1.31. The molecule has 0 heterocycles. The fourth-order valence-corrected chi connectivity index (χ4v) is 2.46. The van der Waals surface area contributed by atoms with Crippen molar-refractivity contribution >= 4 is 7.60 Å². The third-order valence-corrected chi connectivity index (χ3v) is 3.59. The summed E-state index contributed by atoms with van der Waals surface area (Å²) in [4.78, 5) is 9.27. The minimum absolute atomic E-state index is 0.286. The van der Waals surface area contributed by atoms with E-state index in [0.29, 0.717) is 6.61 Å². The van der Waals surface area contributed by atoms with Crippen molar-refractivity contribution in [2.45, 2.75) is 39.5 Å². The van der Waals surface area contributed by atoms with Crippen molar-refractivity contribution in [3.05, 3.63) is 0 Å². The Balaban J connectivity index is 3.26. The van der Waals surface area contributed by atoms with Gasteiger partial charge in [-0.25, -0.2) is 0 Å². The summed E-state index contributed by atoms with van der Waals surface area (Å²) in [7, 11) is -3.27. The van der Waals surface area contributed by atoms with E-state index in [1.54, 1.807) is 6.92 Å². The van der Waals surface area contributed by atoms with Crippen LogP contribution in [0.3, 0.4) is 0 Å². The molecule has 0 aromatic heterocycles. The second-order valence-corrected chi connectivity index (χ2v) is 5.57. The van der Waals surface area contributed by atoms with Crippen LogP contribution in [0.2, 0.25) is 0 Å². The van der Waals surface area contributed by atoms with Gasteiger partial charge >= 0.3 is 7.60 Å². The second-order valence-electron chi connectivity index (χ2n) is 3.59. The lowest BCUT2D eigenvalue weighted by Crippen LogP contribution is -2.15. The first kappa shape index (κ1) is 15.1. The number of rotatable bonds is 10. The maximum atomic E-state index is 11.3. The first-order chi connectivity index (χ1) is 7.12. The Hall–Kier alpha value is 0.110. The molecule has 0 aromatic carbocycles. The van der Waals surface area contributed by atoms with E-state index >= 15 is 0 Å². The van der Waals surface area contributed by atoms with E-state index < -0.39 is 7.60 Å². The van der Waals surface area contributed by atoms with Gasteiger partial charge in [0.25, 0.3) is 0 Å². The number of unbranched alkanes of at least 4 members (excludes halogenated alkanes) is 2. The lowest BCUT2D eigenvalue weighted by Gasteiger charge is -2.10. The molecule has 4 nitrogen and oxygen atoms in total. The largest absolute Gasteiger partial charge is 0.328 e. The maximum Gasteiger partial charge on any atom is 0.328 e. The van der Waals surface area contributed by atoms with Gasteiger partial charge in [0.05, 0.1) is 6.61 Å². The van der Waals surface area contributed by atoms with Crippen LogP contribution in [-0.4, -0.2) is 30.8 Å². The van der Waals surface area contributed by atoms with Crippen LogP contribution in [0.4, 0.5) is 0 Å². The Morgan fingerprint density at radius 3 is 2.53 bits per heavy atom. The Kier molecular flexibility index (Phi) is 9.41. The maximum absolute atomic E-state index is 11.3. The normalized spacial score (nSPS) is 15.1. The van der Waals surface area contributed by atoms with Crippen LogP contribution < -0.4 is 5.32 Å². The van der Waals surface area contributed by atoms with Gasteiger partial charge in [-0.05, 0) is 39.3 Å². The predicted molar refractivity (Wildman–Crippen MR) is 63.3 cm³/mol. The molecule has 0 amide bonds. The van der Waals surface area contributed by atoms with Gasteiger partial charge < -0.3 is 14.7 Å². The van der Waals surface area contributed by atoms with E-state index in [0.717, 1.165) is 38.8 Å². The van der Waals surface area contributed by atoms with Gasteiger partial charge in [-0.1, -0.05) is 13.3 Å². The Morgan fingerprint density at radius 1 is 1.20 bits per heavy atom. The highest BCUT2D eigenvalue weighted by atomic mass is 31.2. The molecule has 0 bridgehead atoms. The van der Waals surface area contributed by atoms with Crippen LogP contribution in [0.25, 0.3) is 0 Å². The van der Waals surface area contributed by atoms with Crippen LogP contribution in [0, 0.1) is 0 Å². The summed E-state index contributed by atoms with van der Waals surface area (Å²) < 4.78 is 16.0. The topological polar surface area (TPSA) is 58.6 Å². The molecule has 1 atom stereocenters. The highest BCUT2D eigenvalue weighted by Crippen LogP contribution is 2.42. The molecule has 2 N–H and O–H groups in total. The Labute approximate surface area is 92.9 Å². The monoisotopic (exact) mass is 237 g/mol. The van der Waals surface area contributed by atoms with Gasteiger partial charge in [0.2, 0.25) is 0 Å². The van der Waals surface area contributed by atoms with Crippen molar-refractivity contribution < 1.29 is 14.0 Å². The van der Waals surface area contributed by atoms with Crippen molar-refractivity contribution in [1.82, 2.24) is 5.32 Å². The third-order valence-electron chi connectivity index (χ3n) is 2.05. The standard InChI is InChI=1S/C10H24NO3P/c1-3-8-11-9-6-5-7-10-15(12,13)14-4-2/h11H,3-10H2,1-2H3,(H,12,13). The quantitative estimate of drug-likeness (QED) is 0.452. The molecule has 1 unspecified atom stereocenters. The highest BCUT2D eigenvalue weighted by molar-refractivity contribution is 7.52. The summed E-state index contributed by atoms with van der Waals surface area (Å²) in [6.07, 6.45) is 4.24. The van der Waals surface area contributed by atoms with Gasteiger partial charge in [-0.15, -0.1) is 0 Å². The van der Waals surface area contributed by atoms with Gasteiger partial charge in [-0.3, -0.25) is 4.57 Å². The van der Waals surface area contributed by atoms with E-state index in [1.807, 2.05) is 0 Å². The number of nitrogens with one attached hydrogen (secondary N) is 1. The van der Waals surface area contributed by atoms with Crippen LogP contribution in [0.1, 0.15) is 39.5 Å². The second kappa shape index (κ2) is 9.34. The molecule has 5 heteroatoms. The molecule has 0 saturated heterocycles. The van der Waals surface area contributed by atoms with Gasteiger partial charge in [0.1, 0.15) is 0 Å². The molecular weight excluding hydrogens is 213 g/mol. The number of hydrogen-bond donors (Lipinski definition) is 2. The molecule has 0 aliphatic carbocycles. The van der Waals surface area contributed by atoms with E-state index in [-0.39, 0.29) is 6.16 Å². The van der Waals surface area contributed by atoms with E-state index in [9.17, 15) is 9.46 Å². The van der Waals surface area contributed by atoms with Crippen molar-refractivity contribution in [3.8, 4) is 0 Å². The van der Waals surface area contributed by atoms with Gasteiger partial charge in [0.15, 0.2) is 0 Å². The van der Waals surface area contributed by atoms with Crippen LogP contribution in [-0.2, 0) is 9.09 Å².